The number of aromatic nitrogens is 1. The first-order valence-electron chi connectivity index (χ1n) is 11.4. The molecule has 1 atom stereocenters. The van der Waals surface area contributed by atoms with E-state index < -0.39 is 12.0 Å². The Morgan fingerprint density at radius 1 is 0.857 bits per heavy atom. The number of hydrogen-bond donors (Lipinski definition) is 2. The Hall–Kier alpha value is -4.45. The molecule has 6 nitrogen and oxygen atoms in total. The number of ether oxygens (including phenoxy) is 1. The van der Waals surface area contributed by atoms with Crippen molar-refractivity contribution in [3.63, 3.8) is 0 Å². The van der Waals surface area contributed by atoms with Crippen LogP contribution in [0.5, 0.6) is 5.75 Å². The highest BCUT2D eigenvalue weighted by Gasteiger charge is 2.21. The van der Waals surface area contributed by atoms with Gasteiger partial charge in [0.25, 0.3) is 0 Å². The van der Waals surface area contributed by atoms with Gasteiger partial charge in [-0.3, -0.25) is 9.78 Å². The van der Waals surface area contributed by atoms with E-state index in [1.807, 2.05) is 48.7 Å². The van der Waals surface area contributed by atoms with Crippen LogP contribution in [0.2, 0.25) is 0 Å². The zero-order chi connectivity index (χ0) is 24.5. The Morgan fingerprint density at radius 3 is 2.31 bits per heavy atom. The van der Waals surface area contributed by atoms with Gasteiger partial charge in [0, 0.05) is 42.0 Å². The van der Waals surface area contributed by atoms with Gasteiger partial charge >= 0.3 is 5.97 Å². The average Bonchev–Trinajstić information content (AvgIpc) is 2.90. The summed E-state index contributed by atoms with van der Waals surface area (Å²) in [6.07, 6.45) is 4.56. The van der Waals surface area contributed by atoms with E-state index in [4.69, 9.17) is 4.74 Å². The second kappa shape index (κ2) is 11.6. The van der Waals surface area contributed by atoms with Crippen molar-refractivity contribution < 1.29 is 19.4 Å². The van der Waals surface area contributed by atoms with Gasteiger partial charge in [0.05, 0.1) is 6.61 Å². The fraction of sp³-hybridized carbons (Fsp3) is 0.138. The minimum atomic E-state index is -0.997. The number of carbonyl (C=O) groups is 2. The Kier molecular flexibility index (Phi) is 7.86. The highest BCUT2D eigenvalue weighted by atomic mass is 16.5. The lowest BCUT2D eigenvalue weighted by atomic mass is 10.00. The minimum absolute atomic E-state index is 0.161. The number of nitrogens with zero attached hydrogens (tertiary/aromatic N) is 1. The normalized spacial score (nSPS) is 11.4. The maximum absolute atomic E-state index is 13.0. The molecule has 4 aromatic rings. The SMILES string of the molecule is O=C(c1ccccc1)c1ccccc1NC(Cc1ccc(OCCc2cccnc2)cc1)C(=O)O. The highest BCUT2D eigenvalue weighted by Crippen LogP contribution is 2.22. The van der Waals surface area contributed by atoms with Crippen molar-refractivity contribution in [3.8, 4) is 5.75 Å². The van der Waals surface area contributed by atoms with E-state index in [1.54, 1.807) is 54.7 Å². The summed E-state index contributed by atoms with van der Waals surface area (Å²) in [6, 6.07) is 26.3. The molecule has 0 saturated heterocycles. The molecule has 3 aromatic carbocycles. The molecule has 0 amide bonds. The number of ketones is 1. The van der Waals surface area contributed by atoms with Gasteiger partial charge in [-0.05, 0) is 41.5 Å². The van der Waals surface area contributed by atoms with Gasteiger partial charge in [0.1, 0.15) is 11.8 Å². The van der Waals surface area contributed by atoms with Crippen molar-refractivity contribution in [2.45, 2.75) is 18.9 Å². The number of benzene rings is 3. The fourth-order valence-electron chi connectivity index (χ4n) is 3.73. The third-order valence-corrected chi connectivity index (χ3v) is 5.58. The number of anilines is 1. The van der Waals surface area contributed by atoms with Crippen molar-refractivity contribution in [1.29, 1.82) is 0 Å². The smallest absolute Gasteiger partial charge is 0.326 e. The predicted octanol–water partition coefficient (Wildman–Crippen LogP) is 5.04. The summed E-state index contributed by atoms with van der Waals surface area (Å²) in [5, 5.41) is 12.9. The van der Waals surface area contributed by atoms with Crippen LogP contribution in [-0.2, 0) is 17.6 Å². The molecule has 2 N–H and O–H groups in total. The molecule has 1 aromatic heterocycles. The van der Waals surface area contributed by atoms with Crippen molar-refractivity contribution in [1.82, 2.24) is 4.98 Å². The third-order valence-electron chi connectivity index (χ3n) is 5.58. The van der Waals surface area contributed by atoms with Gasteiger partial charge in [-0.15, -0.1) is 0 Å². The molecule has 0 aliphatic rings. The van der Waals surface area contributed by atoms with Crippen LogP contribution >= 0.6 is 0 Å². The largest absolute Gasteiger partial charge is 0.493 e. The highest BCUT2D eigenvalue weighted by molar-refractivity contribution is 6.12. The molecule has 0 fully saturated rings. The third kappa shape index (κ3) is 6.54. The molecule has 0 aliphatic carbocycles. The van der Waals surface area contributed by atoms with Crippen molar-refractivity contribution in [2.24, 2.45) is 0 Å². The van der Waals surface area contributed by atoms with Crippen LogP contribution in [0.15, 0.2) is 103 Å². The maximum Gasteiger partial charge on any atom is 0.326 e. The monoisotopic (exact) mass is 466 g/mol. The van der Waals surface area contributed by atoms with Gasteiger partial charge < -0.3 is 15.2 Å². The quantitative estimate of drug-likeness (QED) is 0.301. The summed E-state index contributed by atoms with van der Waals surface area (Å²) >= 11 is 0. The second-order valence-electron chi connectivity index (χ2n) is 8.08. The standard InChI is InChI=1S/C29H26N2O4/c32-28(23-8-2-1-3-9-23)25-10-4-5-11-26(25)31-27(29(33)34)19-21-12-14-24(15-13-21)35-18-16-22-7-6-17-30-20-22/h1-15,17,20,27,31H,16,18-19H2,(H,33,34). The molecule has 6 heteroatoms. The summed E-state index contributed by atoms with van der Waals surface area (Å²) in [5.74, 6) is -0.439. The Balaban J connectivity index is 1.40. The molecule has 1 heterocycles. The van der Waals surface area contributed by atoms with Gasteiger partial charge in [-0.25, -0.2) is 4.79 Å². The first kappa shape index (κ1) is 23.7. The van der Waals surface area contributed by atoms with Gasteiger partial charge in [-0.2, -0.15) is 0 Å². The topological polar surface area (TPSA) is 88.5 Å². The van der Waals surface area contributed by atoms with Crippen LogP contribution in [0.25, 0.3) is 0 Å². The Labute approximate surface area is 204 Å². The van der Waals surface area contributed by atoms with Crippen LogP contribution < -0.4 is 10.1 Å². The summed E-state index contributed by atoms with van der Waals surface area (Å²) < 4.78 is 5.80. The van der Waals surface area contributed by atoms with Crippen LogP contribution in [-0.4, -0.2) is 34.5 Å². The molecular formula is C29H26N2O4. The lowest BCUT2D eigenvalue weighted by Gasteiger charge is -2.18. The summed E-state index contributed by atoms with van der Waals surface area (Å²) in [7, 11) is 0. The van der Waals surface area contributed by atoms with E-state index in [0.717, 1.165) is 23.3 Å². The van der Waals surface area contributed by atoms with E-state index in [2.05, 4.69) is 10.3 Å². The summed E-state index contributed by atoms with van der Waals surface area (Å²) in [5.41, 5.74) is 3.42. The van der Waals surface area contributed by atoms with Crippen LogP contribution in [0, 0.1) is 0 Å². The van der Waals surface area contributed by atoms with E-state index in [9.17, 15) is 14.7 Å². The van der Waals surface area contributed by atoms with E-state index >= 15 is 0 Å². The number of carboxylic acids is 1. The first-order chi connectivity index (χ1) is 17.1. The number of para-hydroxylation sites is 1. The Bertz CT molecular complexity index is 1260. The van der Waals surface area contributed by atoms with Crippen molar-refractivity contribution in [3.05, 3.63) is 126 Å². The van der Waals surface area contributed by atoms with Crippen molar-refractivity contribution >= 4 is 17.4 Å². The number of aliphatic carboxylic acids is 1. The predicted molar refractivity (Wildman–Crippen MR) is 135 cm³/mol. The molecule has 35 heavy (non-hydrogen) atoms. The molecule has 176 valence electrons. The summed E-state index contributed by atoms with van der Waals surface area (Å²) in [6.45, 7) is 0.524. The average molecular weight is 467 g/mol. The van der Waals surface area contributed by atoms with Crippen LogP contribution in [0.1, 0.15) is 27.0 Å². The first-order valence-corrected chi connectivity index (χ1v) is 11.4. The zero-order valence-corrected chi connectivity index (χ0v) is 19.1. The van der Waals surface area contributed by atoms with Gasteiger partial charge in [-0.1, -0.05) is 60.7 Å². The minimum Gasteiger partial charge on any atom is -0.493 e. The number of pyridine rings is 1. The molecule has 0 spiro atoms. The molecule has 0 radical (unpaired) electrons. The van der Waals surface area contributed by atoms with Crippen molar-refractivity contribution in [2.75, 3.05) is 11.9 Å². The lowest BCUT2D eigenvalue weighted by molar-refractivity contribution is -0.137. The molecule has 4 rings (SSSR count). The number of carboxylic acid groups (broad SMARTS) is 1. The Morgan fingerprint density at radius 2 is 1.60 bits per heavy atom. The molecule has 0 aliphatic heterocycles. The van der Waals surface area contributed by atoms with E-state index in [-0.39, 0.29) is 12.2 Å². The zero-order valence-electron chi connectivity index (χ0n) is 19.1. The maximum atomic E-state index is 13.0. The molecule has 0 saturated carbocycles. The second-order valence-corrected chi connectivity index (χ2v) is 8.08. The van der Waals surface area contributed by atoms with Gasteiger partial charge in [0.2, 0.25) is 0 Å². The number of hydrogen-bond acceptors (Lipinski definition) is 5. The summed E-state index contributed by atoms with van der Waals surface area (Å²) in [4.78, 5) is 29.1. The van der Waals surface area contributed by atoms with E-state index in [0.29, 0.717) is 23.4 Å². The van der Waals surface area contributed by atoms with Crippen LogP contribution in [0.3, 0.4) is 0 Å². The van der Waals surface area contributed by atoms with Crippen LogP contribution in [0.4, 0.5) is 5.69 Å². The number of rotatable bonds is 11. The fourth-order valence-corrected chi connectivity index (χ4v) is 3.73. The number of nitrogens with one attached hydrogen (secondary N) is 1. The lowest BCUT2D eigenvalue weighted by Crippen LogP contribution is -2.32. The van der Waals surface area contributed by atoms with E-state index in [1.165, 1.54) is 0 Å². The number of carbonyl (C=O) groups excluding carboxylic acids is 1. The van der Waals surface area contributed by atoms with Gasteiger partial charge in [0.15, 0.2) is 5.78 Å². The molecular weight excluding hydrogens is 440 g/mol. The molecule has 0 bridgehead atoms. The molecule has 1 unspecified atom stereocenters.